The van der Waals surface area contributed by atoms with Crippen molar-refractivity contribution in [3.05, 3.63) is 29.8 Å². The van der Waals surface area contributed by atoms with Crippen LogP contribution in [-0.2, 0) is 49.6 Å². The highest BCUT2D eigenvalue weighted by molar-refractivity contribution is 5.98. The summed E-state index contributed by atoms with van der Waals surface area (Å²) in [5.41, 5.74) is 6.06. The number of benzene rings is 1. The van der Waals surface area contributed by atoms with Crippen molar-refractivity contribution >= 4 is 53.4 Å². The molecule has 0 aromatic heterocycles. The number of aliphatic hydroxyl groups is 2. The molecule has 1 fully saturated rings. The van der Waals surface area contributed by atoms with Gasteiger partial charge in [0.15, 0.2) is 6.04 Å². The number of nitrogens with zero attached hydrogens (tertiary/aromatic N) is 1. The summed E-state index contributed by atoms with van der Waals surface area (Å²) in [6.07, 6.45) is -4.48. The molecule has 1 heterocycles. The van der Waals surface area contributed by atoms with Gasteiger partial charge in [-0.05, 0) is 50.3 Å². The molecular weight excluding hydrogens is 770 g/mol. The van der Waals surface area contributed by atoms with Crippen LogP contribution in [0.4, 0.5) is 0 Å². The van der Waals surface area contributed by atoms with Gasteiger partial charge in [-0.3, -0.25) is 38.4 Å². The van der Waals surface area contributed by atoms with Gasteiger partial charge in [-0.2, -0.15) is 0 Å². The summed E-state index contributed by atoms with van der Waals surface area (Å²) in [6, 6.07) is -5.63. The topological polar surface area (TPSA) is 364 Å². The van der Waals surface area contributed by atoms with Crippen molar-refractivity contribution in [2.24, 2.45) is 11.7 Å². The zero-order valence-corrected chi connectivity index (χ0v) is 32.4. The van der Waals surface area contributed by atoms with Gasteiger partial charge in [0, 0.05) is 13.0 Å². The minimum absolute atomic E-state index is 0.00628. The zero-order valence-electron chi connectivity index (χ0n) is 32.4. The number of carboxylic acids is 3. The van der Waals surface area contributed by atoms with Crippen molar-refractivity contribution in [3.63, 3.8) is 0 Å². The van der Waals surface area contributed by atoms with Crippen LogP contribution in [0.15, 0.2) is 24.3 Å². The number of hydrogen-bond donors (Lipinski definition) is 12. The molecule has 0 aliphatic carbocycles. The van der Waals surface area contributed by atoms with E-state index in [9.17, 15) is 68.7 Å². The van der Waals surface area contributed by atoms with Crippen LogP contribution in [0, 0.1) is 5.92 Å². The van der Waals surface area contributed by atoms with Gasteiger partial charge in [0.25, 0.3) is 0 Å². The number of hydrogen-bond acceptors (Lipinski definition) is 13. The number of carboxylic acid groups (broad SMARTS) is 3. The number of carbonyl (C=O) groups is 9. The normalized spacial score (nSPS) is 18.4. The lowest BCUT2D eigenvalue weighted by atomic mass is 9.96. The summed E-state index contributed by atoms with van der Waals surface area (Å²) < 4.78 is 0. The van der Waals surface area contributed by atoms with E-state index in [1.54, 1.807) is 13.8 Å². The highest BCUT2D eigenvalue weighted by Crippen LogP contribution is 2.22. The summed E-state index contributed by atoms with van der Waals surface area (Å²) in [5, 5.41) is 69.2. The lowest BCUT2D eigenvalue weighted by Gasteiger charge is -2.33. The average Bonchev–Trinajstić information content (AvgIpc) is 3.64. The molecule has 1 aromatic carbocycles. The van der Waals surface area contributed by atoms with E-state index in [0.29, 0.717) is 12.0 Å². The number of carbonyl (C=O) groups excluding carboxylic acids is 6. The average molecular weight is 824 g/mol. The number of aliphatic carboxylic acids is 3. The van der Waals surface area contributed by atoms with Gasteiger partial charge >= 0.3 is 17.9 Å². The van der Waals surface area contributed by atoms with E-state index >= 15 is 0 Å². The van der Waals surface area contributed by atoms with Crippen molar-refractivity contribution in [1.82, 2.24) is 31.5 Å². The first-order valence-corrected chi connectivity index (χ1v) is 18.5. The molecule has 1 aromatic rings. The Bertz CT molecular complexity index is 1670. The number of rotatable bonds is 22. The third-order valence-corrected chi connectivity index (χ3v) is 9.48. The summed E-state index contributed by atoms with van der Waals surface area (Å²) in [7, 11) is 0. The van der Waals surface area contributed by atoms with E-state index in [1.807, 2.05) is 5.32 Å². The molecular formula is C36H53N7O15. The Morgan fingerprint density at radius 1 is 0.724 bits per heavy atom. The van der Waals surface area contributed by atoms with E-state index in [-0.39, 0.29) is 31.6 Å². The molecule has 0 unspecified atom stereocenters. The van der Waals surface area contributed by atoms with Gasteiger partial charge in [0.2, 0.25) is 35.4 Å². The molecule has 22 nitrogen and oxygen atoms in total. The maximum atomic E-state index is 14.1. The second kappa shape index (κ2) is 22.2. The molecule has 1 aliphatic heterocycles. The van der Waals surface area contributed by atoms with Gasteiger partial charge in [0.05, 0.1) is 31.1 Å². The summed E-state index contributed by atoms with van der Waals surface area (Å²) in [4.78, 5) is 116. The van der Waals surface area contributed by atoms with Crippen LogP contribution in [0.25, 0.3) is 0 Å². The lowest BCUT2D eigenvalue weighted by molar-refractivity contribution is -0.147. The first kappa shape index (κ1) is 48.3. The molecule has 1 saturated heterocycles. The maximum Gasteiger partial charge on any atom is 0.328 e. The van der Waals surface area contributed by atoms with E-state index in [1.165, 1.54) is 24.3 Å². The molecule has 322 valence electrons. The van der Waals surface area contributed by atoms with E-state index in [2.05, 4.69) is 21.3 Å². The third kappa shape index (κ3) is 14.3. The molecule has 10 atom stereocenters. The minimum Gasteiger partial charge on any atom is -0.508 e. The van der Waals surface area contributed by atoms with Gasteiger partial charge in [0.1, 0.15) is 36.0 Å². The van der Waals surface area contributed by atoms with Crippen LogP contribution in [0.1, 0.15) is 65.4 Å². The standard InChI is InChI=1S/C36H53N7O15/c1-5-16(2)27(35(56)43-12-6-7-24(43)33(54)41-28(17(3)44)34(55)42-29(18(4)45)36(57)58)40-32(53)23(15-26(49)50)39-31(52)22(13-19-8-10-20(46)11-9-19)38-30(51)21(37)14-25(47)48/h8-11,16-18,21-24,27-29,44-46H,5-7,12-15,37H2,1-4H3,(H,38,51)(H,39,52)(H,40,53)(H,41,54)(H,42,55)(H,47,48)(H,49,50)(H,57,58)/t16-,17+,18+,21-,22-,23-,24-,27-,28-,29-/m0/s1. The summed E-state index contributed by atoms with van der Waals surface area (Å²) in [6.45, 7) is 5.56. The SMILES string of the molecule is CC[C@H](C)[C@H](NC(=O)[C@H](CC(=O)O)NC(=O)[C@H](Cc1ccc(O)cc1)NC(=O)[C@@H](N)CC(=O)O)C(=O)N1CCC[C@H]1C(=O)N[C@H](C(=O)N[C@H](C(=O)O)[C@@H](C)O)[C@@H](C)O. The maximum absolute atomic E-state index is 14.1. The molecule has 22 heteroatoms. The van der Waals surface area contributed by atoms with Crippen LogP contribution in [0.2, 0.25) is 0 Å². The van der Waals surface area contributed by atoms with Crippen molar-refractivity contribution in [2.75, 3.05) is 6.54 Å². The number of amides is 6. The van der Waals surface area contributed by atoms with Gasteiger partial charge < -0.3 is 67.9 Å². The fourth-order valence-corrected chi connectivity index (χ4v) is 6.00. The second-order valence-electron chi connectivity index (χ2n) is 14.1. The zero-order chi connectivity index (χ0) is 44.0. The summed E-state index contributed by atoms with van der Waals surface area (Å²) in [5.74, 6) is -11.3. The van der Waals surface area contributed by atoms with Crippen molar-refractivity contribution < 1.29 is 73.8 Å². The quantitative estimate of drug-likeness (QED) is 0.0540. The Hall–Kier alpha value is -5.87. The van der Waals surface area contributed by atoms with Crippen LogP contribution in [-0.4, -0.2) is 150 Å². The number of nitrogens with two attached hydrogens (primary N) is 1. The number of likely N-dealkylation sites (tertiary alicyclic amines) is 1. The number of phenolic OH excluding ortho intramolecular Hbond substituents is 1. The third-order valence-electron chi connectivity index (χ3n) is 9.48. The Morgan fingerprint density at radius 2 is 1.26 bits per heavy atom. The number of phenols is 1. The Labute approximate surface area is 332 Å². The molecule has 0 radical (unpaired) electrons. The van der Waals surface area contributed by atoms with Crippen molar-refractivity contribution in [3.8, 4) is 5.75 Å². The number of aliphatic hydroxyl groups excluding tert-OH is 2. The molecule has 58 heavy (non-hydrogen) atoms. The van der Waals surface area contributed by atoms with Gasteiger partial charge in [-0.1, -0.05) is 32.4 Å². The number of nitrogens with one attached hydrogen (secondary N) is 5. The fourth-order valence-electron chi connectivity index (χ4n) is 6.00. The first-order valence-electron chi connectivity index (χ1n) is 18.5. The molecule has 2 rings (SSSR count). The minimum atomic E-state index is -1.84. The predicted molar refractivity (Wildman–Crippen MR) is 199 cm³/mol. The van der Waals surface area contributed by atoms with Crippen LogP contribution in [0.3, 0.4) is 0 Å². The van der Waals surface area contributed by atoms with E-state index < -0.39 is 127 Å². The van der Waals surface area contributed by atoms with E-state index in [4.69, 9.17) is 10.8 Å². The van der Waals surface area contributed by atoms with Crippen molar-refractivity contribution in [1.29, 1.82) is 0 Å². The summed E-state index contributed by atoms with van der Waals surface area (Å²) >= 11 is 0. The molecule has 1 aliphatic rings. The number of aromatic hydroxyl groups is 1. The Morgan fingerprint density at radius 3 is 1.78 bits per heavy atom. The monoisotopic (exact) mass is 823 g/mol. The molecule has 0 spiro atoms. The first-order chi connectivity index (χ1) is 27.1. The smallest absolute Gasteiger partial charge is 0.328 e. The van der Waals surface area contributed by atoms with E-state index in [0.717, 1.165) is 18.7 Å². The lowest BCUT2D eigenvalue weighted by Crippen LogP contribution is -2.62. The second-order valence-corrected chi connectivity index (χ2v) is 14.1. The van der Waals surface area contributed by atoms with Crippen LogP contribution in [0.5, 0.6) is 5.75 Å². The highest BCUT2D eigenvalue weighted by Gasteiger charge is 2.42. The van der Waals surface area contributed by atoms with Crippen LogP contribution < -0.4 is 32.3 Å². The Kier molecular flexibility index (Phi) is 18.5. The molecule has 13 N–H and O–H groups in total. The largest absolute Gasteiger partial charge is 0.508 e. The van der Waals surface area contributed by atoms with Crippen molar-refractivity contribution in [2.45, 2.75) is 121 Å². The van der Waals surface area contributed by atoms with Gasteiger partial charge in [-0.15, -0.1) is 0 Å². The molecule has 6 amide bonds. The Balaban J connectivity index is 2.35. The fraction of sp³-hybridized carbons (Fsp3) is 0.583. The molecule has 0 bridgehead atoms. The highest BCUT2D eigenvalue weighted by atomic mass is 16.4. The predicted octanol–water partition coefficient (Wildman–Crippen LogP) is -3.48. The van der Waals surface area contributed by atoms with Crippen LogP contribution >= 0.6 is 0 Å². The van der Waals surface area contributed by atoms with Gasteiger partial charge in [-0.25, -0.2) is 4.79 Å². The molecule has 0 saturated carbocycles.